The van der Waals surface area contributed by atoms with Crippen LogP contribution in [0.5, 0.6) is 0 Å². The van der Waals surface area contributed by atoms with E-state index in [9.17, 15) is 4.79 Å². The maximum atomic E-state index is 12.2. The van der Waals surface area contributed by atoms with Gasteiger partial charge in [0.1, 0.15) is 0 Å². The van der Waals surface area contributed by atoms with Crippen LogP contribution in [0.25, 0.3) is 0 Å². The smallest absolute Gasteiger partial charge is 0.252 e. The van der Waals surface area contributed by atoms with E-state index in [1.54, 1.807) is 16.8 Å². The second kappa shape index (κ2) is 7.51. The number of aryl methyl sites for hydroxylation is 2. The fourth-order valence-corrected chi connectivity index (χ4v) is 3.49. The third-order valence-electron chi connectivity index (χ3n) is 4.60. The molecule has 4 nitrogen and oxygen atoms in total. The van der Waals surface area contributed by atoms with Crippen LogP contribution in [-0.2, 0) is 13.1 Å². The van der Waals surface area contributed by atoms with E-state index in [4.69, 9.17) is 11.6 Å². The van der Waals surface area contributed by atoms with Crippen LogP contribution in [0.1, 0.15) is 22.3 Å². The summed E-state index contributed by atoms with van der Waals surface area (Å²) >= 11 is 5.90. The Morgan fingerprint density at radius 3 is 2.58 bits per heavy atom. The second-order valence-corrected chi connectivity index (χ2v) is 6.99. The monoisotopic (exact) mass is 345 g/mol. The minimum atomic E-state index is -0.0604. The average Bonchev–Trinajstić information content (AvgIpc) is 2.54. The molecule has 1 N–H and O–H groups in total. The van der Waals surface area contributed by atoms with Gasteiger partial charge in [-0.2, -0.15) is 0 Å². The number of hydrogen-bond acceptors (Lipinski definition) is 3. The summed E-state index contributed by atoms with van der Waals surface area (Å²) in [6, 6.07) is 7.67. The summed E-state index contributed by atoms with van der Waals surface area (Å²) < 4.78 is 1.72. The van der Waals surface area contributed by atoms with Crippen molar-refractivity contribution in [3.63, 3.8) is 0 Å². The Balaban J connectivity index is 1.91. The standard InChI is InChI=1S/C19H24ClN3O/c1-14-9-15(2)18(13-22-7-4-21-5-8-22)16(10-14)12-23-6-3-17(20)11-19(23)24/h3,6,9-11,21H,4-5,7-8,12-13H2,1-2H3. The molecule has 0 radical (unpaired) electrons. The largest absolute Gasteiger partial charge is 0.314 e. The Hall–Kier alpha value is -1.62. The topological polar surface area (TPSA) is 37.3 Å². The van der Waals surface area contributed by atoms with Gasteiger partial charge in [0.2, 0.25) is 0 Å². The molecule has 2 aromatic rings. The van der Waals surface area contributed by atoms with Gasteiger partial charge < -0.3 is 9.88 Å². The van der Waals surface area contributed by atoms with Crippen LogP contribution in [0.15, 0.2) is 35.3 Å². The lowest BCUT2D eigenvalue weighted by Gasteiger charge is -2.29. The van der Waals surface area contributed by atoms with Crippen molar-refractivity contribution in [2.45, 2.75) is 26.9 Å². The van der Waals surface area contributed by atoms with Crippen LogP contribution in [0.4, 0.5) is 0 Å². The minimum absolute atomic E-state index is 0.0604. The molecule has 0 unspecified atom stereocenters. The Bertz CT molecular complexity index is 779. The van der Waals surface area contributed by atoms with Gasteiger partial charge in [-0.05, 0) is 36.6 Å². The fourth-order valence-electron chi connectivity index (χ4n) is 3.34. The Kier molecular flexibility index (Phi) is 5.39. The number of nitrogens with one attached hydrogen (secondary N) is 1. The highest BCUT2D eigenvalue weighted by Gasteiger charge is 2.15. The Morgan fingerprint density at radius 1 is 1.12 bits per heavy atom. The fraction of sp³-hybridized carbons (Fsp3) is 0.421. The number of rotatable bonds is 4. The van der Waals surface area contributed by atoms with Crippen LogP contribution >= 0.6 is 11.6 Å². The Labute approximate surface area is 148 Å². The molecule has 0 bridgehead atoms. The first-order valence-corrected chi connectivity index (χ1v) is 8.79. The molecule has 0 aliphatic carbocycles. The van der Waals surface area contributed by atoms with Gasteiger partial charge in [0.15, 0.2) is 0 Å². The van der Waals surface area contributed by atoms with E-state index in [0.29, 0.717) is 11.6 Å². The van der Waals surface area contributed by atoms with Gasteiger partial charge in [0, 0.05) is 50.0 Å². The maximum Gasteiger partial charge on any atom is 0.252 e. The number of benzene rings is 1. The van der Waals surface area contributed by atoms with Crippen molar-refractivity contribution < 1.29 is 0 Å². The zero-order valence-electron chi connectivity index (χ0n) is 14.3. The van der Waals surface area contributed by atoms with E-state index in [0.717, 1.165) is 32.7 Å². The van der Waals surface area contributed by atoms with Crippen LogP contribution in [0.2, 0.25) is 5.02 Å². The molecule has 128 valence electrons. The lowest BCUT2D eigenvalue weighted by molar-refractivity contribution is 0.232. The van der Waals surface area contributed by atoms with Gasteiger partial charge in [-0.1, -0.05) is 29.3 Å². The van der Waals surface area contributed by atoms with Gasteiger partial charge in [0.05, 0.1) is 6.54 Å². The number of hydrogen-bond donors (Lipinski definition) is 1. The van der Waals surface area contributed by atoms with E-state index in [2.05, 4.69) is 36.2 Å². The van der Waals surface area contributed by atoms with Crippen molar-refractivity contribution >= 4 is 11.6 Å². The van der Waals surface area contributed by atoms with Crippen molar-refractivity contribution in [2.75, 3.05) is 26.2 Å². The van der Waals surface area contributed by atoms with Gasteiger partial charge >= 0.3 is 0 Å². The molecule has 1 aliphatic rings. The van der Waals surface area contributed by atoms with Crippen molar-refractivity contribution in [1.29, 1.82) is 0 Å². The van der Waals surface area contributed by atoms with E-state index in [1.807, 2.05) is 0 Å². The van der Waals surface area contributed by atoms with Crippen LogP contribution in [-0.4, -0.2) is 35.6 Å². The first kappa shape index (κ1) is 17.2. The Morgan fingerprint density at radius 2 is 1.88 bits per heavy atom. The molecule has 0 atom stereocenters. The van der Waals surface area contributed by atoms with Crippen molar-refractivity contribution in [2.24, 2.45) is 0 Å². The molecule has 0 saturated carbocycles. The third kappa shape index (κ3) is 4.07. The molecule has 5 heteroatoms. The minimum Gasteiger partial charge on any atom is -0.314 e. The van der Waals surface area contributed by atoms with Gasteiger partial charge in [-0.25, -0.2) is 0 Å². The normalized spacial score (nSPS) is 15.6. The molecular weight excluding hydrogens is 322 g/mol. The lowest BCUT2D eigenvalue weighted by Crippen LogP contribution is -2.43. The molecule has 0 spiro atoms. The summed E-state index contributed by atoms with van der Waals surface area (Å²) in [5.74, 6) is 0. The molecule has 1 aromatic carbocycles. The van der Waals surface area contributed by atoms with Gasteiger partial charge in [-0.15, -0.1) is 0 Å². The zero-order valence-corrected chi connectivity index (χ0v) is 15.1. The summed E-state index contributed by atoms with van der Waals surface area (Å²) in [6.45, 7) is 9.99. The number of aromatic nitrogens is 1. The summed E-state index contributed by atoms with van der Waals surface area (Å²) in [7, 11) is 0. The lowest BCUT2D eigenvalue weighted by atomic mass is 9.98. The number of piperazine rings is 1. The third-order valence-corrected chi connectivity index (χ3v) is 4.83. The van der Waals surface area contributed by atoms with Gasteiger partial charge in [-0.3, -0.25) is 9.69 Å². The first-order valence-electron chi connectivity index (χ1n) is 8.41. The highest BCUT2D eigenvalue weighted by molar-refractivity contribution is 6.30. The predicted octanol–water partition coefficient (Wildman–Crippen LogP) is 2.57. The second-order valence-electron chi connectivity index (χ2n) is 6.56. The quantitative estimate of drug-likeness (QED) is 0.925. The molecule has 2 heterocycles. The average molecular weight is 346 g/mol. The summed E-state index contributed by atoms with van der Waals surface area (Å²) in [5.41, 5.74) is 5.02. The molecule has 24 heavy (non-hydrogen) atoms. The summed E-state index contributed by atoms with van der Waals surface area (Å²) in [6.07, 6.45) is 1.77. The molecule has 3 rings (SSSR count). The highest BCUT2D eigenvalue weighted by atomic mass is 35.5. The molecule has 1 saturated heterocycles. The molecular formula is C19H24ClN3O. The molecule has 0 amide bonds. The first-order chi connectivity index (χ1) is 11.5. The van der Waals surface area contributed by atoms with E-state index >= 15 is 0 Å². The molecule has 1 fully saturated rings. The summed E-state index contributed by atoms with van der Waals surface area (Å²) in [4.78, 5) is 14.6. The maximum absolute atomic E-state index is 12.2. The number of halogens is 1. The van der Waals surface area contributed by atoms with Crippen LogP contribution in [0.3, 0.4) is 0 Å². The molecule has 1 aliphatic heterocycles. The van der Waals surface area contributed by atoms with E-state index in [-0.39, 0.29) is 5.56 Å². The van der Waals surface area contributed by atoms with E-state index < -0.39 is 0 Å². The predicted molar refractivity (Wildman–Crippen MR) is 98.9 cm³/mol. The van der Waals surface area contributed by atoms with Crippen molar-refractivity contribution in [1.82, 2.24) is 14.8 Å². The molecule has 1 aromatic heterocycles. The van der Waals surface area contributed by atoms with Crippen molar-refractivity contribution in [3.05, 3.63) is 68.1 Å². The van der Waals surface area contributed by atoms with E-state index in [1.165, 1.54) is 28.3 Å². The van der Waals surface area contributed by atoms with Crippen LogP contribution < -0.4 is 10.9 Å². The highest BCUT2D eigenvalue weighted by Crippen LogP contribution is 2.20. The zero-order chi connectivity index (χ0) is 17.1. The summed E-state index contributed by atoms with van der Waals surface area (Å²) in [5, 5.41) is 3.88. The van der Waals surface area contributed by atoms with Crippen molar-refractivity contribution in [3.8, 4) is 0 Å². The SMILES string of the molecule is Cc1cc(C)c(CN2CCNCC2)c(Cn2ccc(Cl)cc2=O)c1. The van der Waals surface area contributed by atoms with Gasteiger partial charge in [0.25, 0.3) is 5.56 Å². The van der Waals surface area contributed by atoms with Crippen LogP contribution in [0, 0.1) is 13.8 Å². The number of pyridine rings is 1. The number of nitrogens with zero attached hydrogens (tertiary/aromatic N) is 2.